The van der Waals surface area contributed by atoms with Crippen LogP contribution in [0.2, 0.25) is 0 Å². The zero-order chi connectivity index (χ0) is 20.6. The maximum Gasteiger partial charge on any atom is 0.248 e. The number of ether oxygens (including phenoxy) is 1. The van der Waals surface area contributed by atoms with Crippen molar-refractivity contribution in [1.29, 1.82) is 0 Å². The smallest absolute Gasteiger partial charge is 0.248 e. The Labute approximate surface area is 180 Å². The molecule has 4 nitrogen and oxygen atoms in total. The van der Waals surface area contributed by atoms with Crippen molar-refractivity contribution in [2.45, 2.75) is 6.42 Å². The quantitative estimate of drug-likeness (QED) is 0.494. The Morgan fingerprint density at radius 3 is 2.50 bits per heavy atom. The molecule has 0 fully saturated rings. The Balaban J connectivity index is 0.00000320. The van der Waals surface area contributed by atoms with Gasteiger partial charge in [0.25, 0.3) is 0 Å². The van der Waals surface area contributed by atoms with Crippen molar-refractivity contribution in [2.75, 3.05) is 19.7 Å². The summed E-state index contributed by atoms with van der Waals surface area (Å²) in [7, 11) is 0. The second kappa shape index (κ2) is 11.3. The van der Waals surface area contributed by atoms with Gasteiger partial charge in [0.2, 0.25) is 5.91 Å². The van der Waals surface area contributed by atoms with E-state index in [1.807, 2.05) is 6.07 Å². The summed E-state index contributed by atoms with van der Waals surface area (Å²) in [5.74, 6) is -0.797. The predicted molar refractivity (Wildman–Crippen MR) is 116 cm³/mol. The van der Waals surface area contributed by atoms with Crippen LogP contribution < -0.4 is 15.8 Å². The summed E-state index contributed by atoms with van der Waals surface area (Å²) in [5.41, 5.74) is 7.26. The number of hydrogen-bond acceptors (Lipinski definition) is 3. The van der Waals surface area contributed by atoms with E-state index in [9.17, 15) is 13.6 Å². The molecule has 0 unspecified atom stereocenters. The van der Waals surface area contributed by atoms with Gasteiger partial charge in [-0.25, -0.2) is 8.78 Å². The molecule has 0 bridgehead atoms. The van der Waals surface area contributed by atoms with Crippen molar-refractivity contribution < 1.29 is 18.3 Å². The van der Waals surface area contributed by atoms with E-state index in [-0.39, 0.29) is 23.8 Å². The standard InChI is InChI=1S/C23H22F2N2O2.ClH/c24-19-5-1-3-16(13-19)9-10-27-11-12-29-20-6-2-4-17(14-20)21-8-7-18(23(26)28)15-22(21)25;/h1-8,13-15,27H,9-12H2,(H2,26,28);1H. The van der Waals surface area contributed by atoms with Crippen LogP contribution in [0.4, 0.5) is 8.78 Å². The molecule has 0 aliphatic heterocycles. The van der Waals surface area contributed by atoms with E-state index in [2.05, 4.69) is 5.32 Å². The molecule has 3 rings (SSSR count). The molecule has 3 N–H and O–H groups in total. The van der Waals surface area contributed by atoms with Crippen molar-refractivity contribution in [3.8, 4) is 16.9 Å². The molecule has 30 heavy (non-hydrogen) atoms. The van der Waals surface area contributed by atoms with E-state index in [1.54, 1.807) is 30.3 Å². The minimum atomic E-state index is -0.669. The molecule has 0 spiro atoms. The number of primary amides is 1. The minimum absolute atomic E-state index is 0. The summed E-state index contributed by atoms with van der Waals surface area (Å²) in [6, 6.07) is 17.8. The normalized spacial score (nSPS) is 10.3. The number of nitrogens with one attached hydrogen (secondary N) is 1. The Morgan fingerprint density at radius 1 is 0.967 bits per heavy atom. The second-order valence-electron chi connectivity index (χ2n) is 6.57. The molecule has 0 atom stereocenters. The third-order valence-corrected chi connectivity index (χ3v) is 4.43. The van der Waals surface area contributed by atoms with Gasteiger partial charge in [-0.05, 0) is 60.5 Å². The highest BCUT2D eigenvalue weighted by atomic mass is 35.5. The lowest BCUT2D eigenvalue weighted by Gasteiger charge is -2.10. The van der Waals surface area contributed by atoms with Crippen molar-refractivity contribution >= 4 is 18.3 Å². The molecular formula is C23H23ClF2N2O2. The van der Waals surface area contributed by atoms with Crippen LogP contribution in [0.3, 0.4) is 0 Å². The molecule has 0 aliphatic carbocycles. The highest BCUT2D eigenvalue weighted by Crippen LogP contribution is 2.27. The van der Waals surface area contributed by atoms with Gasteiger partial charge in [0.05, 0.1) is 0 Å². The number of nitrogens with two attached hydrogens (primary N) is 1. The van der Waals surface area contributed by atoms with Gasteiger partial charge in [0, 0.05) is 17.7 Å². The number of carbonyl (C=O) groups is 1. The molecule has 0 aromatic heterocycles. The second-order valence-corrected chi connectivity index (χ2v) is 6.57. The molecule has 0 saturated heterocycles. The lowest BCUT2D eigenvalue weighted by atomic mass is 10.0. The van der Waals surface area contributed by atoms with E-state index in [4.69, 9.17) is 10.5 Å². The molecule has 0 radical (unpaired) electrons. The molecule has 0 aliphatic rings. The lowest BCUT2D eigenvalue weighted by molar-refractivity contribution is 0.1000. The zero-order valence-electron chi connectivity index (χ0n) is 16.2. The number of rotatable bonds is 9. The van der Waals surface area contributed by atoms with Crippen molar-refractivity contribution in [1.82, 2.24) is 5.32 Å². The lowest BCUT2D eigenvalue weighted by Crippen LogP contribution is -2.23. The minimum Gasteiger partial charge on any atom is -0.492 e. The van der Waals surface area contributed by atoms with Gasteiger partial charge in [-0.15, -0.1) is 12.4 Å². The average Bonchev–Trinajstić information content (AvgIpc) is 2.70. The monoisotopic (exact) mass is 432 g/mol. The molecule has 3 aromatic carbocycles. The van der Waals surface area contributed by atoms with Gasteiger partial charge in [-0.2, -0.15) is 0 Å². The number of halogens is 3. The molecule has 7 heteroatoms. The number of carbonyl (C=O) groups excluding carboxylic acids is 1. The summed E-state index contributed by atoms with van der Waals surface area (Å²) in [6.07, 6.45) is 0.730. The first kappa shape index (κ1) is 23.3. The molecule has 158 valence electrons. The largest absolute Gasteiger partial charge is 0.492 e. The van der Waals surface area contributed by atoms with E-state index in [1.165, 1.54) is 24.3 Å². The summed E-state index contributed by atoms with van der Waals surface area (Å²) >= 11 is 0. The van der Waals surface area contributed by atoms with E-state index < -0.39 is 11.7 Å². The number of amides is 1. The fourth-order valence-electron chi connectivity index (χ4n) is 2.95. The number of benzene rings is 3. The molecule has 1 amide bonds. The molecule has 3 aromatic rings. The SMILES string of the molecule is Cl.NC(=O)c1ccc(-c2cccc(OCCNCCc3cccc(F)c3)c2)c(F)c1. The third-order valence-electron chi connectivity index (χ3n) is 4.43. The van der Waals surface area contributed by atoms with E-state index >= 15 is 0 Å². The van der Waals surface area contributed by atoms with Crippen molar-refractivity contribution in [3.05, 3.63) is 89.5 Å². The van der Waals surface area contributed by atoms with E-state index in [0.717, 1.165) is 18.1 Å². The maximum absolute atomic E-state index is 14.3. The van der Waals surface area contributed by atoms with Gasteiger partial charge < -0.3 is 15.8 Å². The highest BCUT2D eigenvalue weighted by molar-refractivity contribution is 5.93. The Morgan fingerprint density at radius 2 is 1.77 bits per heavy atom. The van der Waals surface area contributed by atoms with Crippen LogP contribution in [-0.2, 0) is 6.42 Å². The average molecular weight is 433 g/mol. The first-order valence-corrected chi connectivity index (χ1v) is 9.30. The molecular weight excluding hydrogens is 410 g/mol. The zero-order valence-corrected chi connectivity index (χ0v) is 17.1. The Bertz CT molecular complexity index is 998. The Hall–Kier alpha value is -2.96. The van der Waals surface area contributed by atoms with Gasteiger partial charge in [0.15, 0.2) is 0 Å². The fourth-order valence-corrected chi connectivity index (χ4v) is 2.95. The summed E-state index contributed by atoms with van der Waals surface area (Å²) in [5, 5.41) is 3.24. The molecule has 0 saturated carbocycles. The van der Waals surface area contributed by atoms with Crippen molar-refractivity contribution in [2.24, 2.45) is 5.73 Å². The van der Waals surface area contributed by atoms with Gasteiger partial charge in [-0.3, -0.25) is 4.79 Å². The molecule has 0 heterocycles. The first-order valence-electron chi connectivity index (χ1n) is 9.30. The number of hydrogen-bond donors (Lipinski definition) is 2. The summed E-state index contributed by atoms with van der Waals surface area (Å²) < 4.78 is 33.2. The summed E-state index contributed by atoms with van der Waals surface area (Å²) in [4.78, 5) is 11.2. The van der Waals surface area contributed by atoms with Crippen LogP contribution in [0.5, 0.6) is 5.75 Å². The van der Waals surface area contributed by atoms with Crippen LogP contribution in [0.1, 0.15) is 15.9 Å². The third kappa shape index (κ3) is 6.54. The Kier molecular flexibility index (Phi) is 8.77. The van der Waals surface area contributed by atoms with Crippen LogP contribution >= 0.6 is 12.4 Å². The van der Waals surface area contributed by atoms with E-state index in [0.29, 0.717) is 36.6 Å². The van der Waals surface area contributed by atoms with Gasteiger partial charge in [-0.1, -0.05) is 30.3 Å². The first-order chi connectivity index (χ1) is 14.0. The van der Waals surface area contributed by atoms with Crippen LogP contribution in [0.25, 0.3) is 11.1 Å². The van der Waals surface area contributed by atoms with Crippen LogP contribution in [0.15, 0.2) is 66.7 Å². The fraction of sp³-hybridized carbons (Fsp3) is 0.174. The summed E-state index contributed by atoms with van der Waals surface area (Å²) in [6.45, 7) is 1.78. The predicted octanol–water partition coefficient (Wildman–Crippen LogP) is 4.36. The van der Waals surface area contributed by atoms with Gasteiger partial charge in [0.1, 0.15) is 24.0 Å². The maximum atomic E-state index is 14.3. The highest BCUT2D eigenvalue weighted by Gasteiger charge is 2.09. The van der Waals surface area contributed by atoms with Crippen molar-refractivity contribution in [3.63, 3.8) is 0 Å². The van der Waals surface area contributed by atoms with Crippen LogP contribution in [-0.4, -0.2) is 25.6 Å². The van der Waals surface area contributed by atoms with Crippen LogP contribution in [0, 0.1) is 11.6 Å². The van der Waals surface area contributed by atoms with Gasteiger partial charge >= 0.3 is 0 Å². The topological polar surface area (TPSA) is 64.4 Å².